The summed E-state index contributed by atoms with van der Waals surface area (Å²) in [6.07, 6.45) is 0.0763. The second kappa shape index (κ2) is 7.57. The molecule has 0 fully saturated rings. The fraction of sp³-hybridized carbons (Fsp3) is 0.278. The standard InChI is InChI=1S/C18H18N2O5S/c1-25-11-4-5-12(15(21)9-11)13-10-14(16-3-2-8-26-16)20(19-13)17(22)6-7-18(23)24/h2-5,8-9,14,21H,6-7,10H2,1H3,(H,23,24)/t14-/m1/s1. The number of thiophene rings is 1. The van der Waals surface area contributed by atoms with Gasteiger partial charge in [0.1, 0.15) is 11.5 Å². The summed E-state index contributed by atoms with van der Waals surface area (Å²) in [5, 5.41) is 26.7. The van der Waals surface area contributed by atoms with E-state index in [-0.39, 0.29) is 30.5 Å². The quantitative estimate of drug-likeness (QED) is 0.810. The fourth-order valence-electron chi connectivity index (χ4n) is 2.82. The lowest BCUT2D eigenvalue weighted by Gasteiger charge is -2.20. The van der Waals surface area contributed by atoms with Gasteiger partial charge in [0.15, 0.2) is 0 Å². The Labute approximate surface area is 154 Å². The normalized spacial score (nSPS) is 16.4. The van der Waals surface area contributed by atoms with Gasteiger partial charge < -0.3 is 14.9 Å². The number of carbonyl (C=O) groups excluding carboxylic acids is 1. The number of carboxylic acid groups (broad SMARTS) is 1. The van der Waals surface area contributed by atoms with Gasteiger partial charge in [-0.25, -0.2) is 5.01 Å². The van der Waals surface area contributed by atoms with Crippen LogP contribution in [0.2, 0.25) is 0 Å². The van der Waals surface area contributed by atoms with Crippen LogP contribution >= 0.6 is 11.3 Å². The van der Waals surface area contributed by atoms with Gasteiger partial charge in [-0.3, -0.25) is 9.59 Å². The molecule has 1 atom stereocenters. The zero-order valence-corrected chi connectivity index (χ0v) is 14.9. The molecule has 0 unspecified atom stereocenters. The molecule has 0 saturated carbocycles. The maximum Gasteiger partial charge on any atom is 0.303 e. The van der Waals surface area contributed by atoms with Gasteiger partial charge in [-0.05, 0) is 23.6 Å². The van der Waals surface area contributed by atoms with Gasteiger partial charge in [0.2, 0.25) is 5.91 Å². The SMILES string of the molecule is COc1ccc(C2=NN(C(=O)CCC(=O)O)[C@@H](c3cccs3)C2)c(O)c1. The molecule has 1 aromatic carbocycles. The molecule has 0 spiro atoms. The predicted octanol–water partition coefficient (Wildman–Crippen LogP) is 3.00. The first kappa shape index (κ1) is 17.9. The molecular formula is C18H18N2O5S. The molecule has 2 heterocycles. The maximum atomic E-state index is 12.5. The van der Waals surface area contributed by atoms with E-state index in [9.17, 15) is 14.7 Å². The van der Waals surface area contributed by atoms with Gasteiger partial charge >= 0.3 is 5.97 Å². The number of methoxy groups -OCH3 is 1. The average Bonchev–Trinajstić information content (AvgIpc) is 3.28. The Balaban J connectivity index is 1.90. The molecule has 1 aliphatic heterocycles. The Kier molecular flexibility index (Phi) is 5.22. The molecule has 8 heteroatoms. The van der Waals surface area contributed by atoms with Crippen molar-refractivity contribution in [2.75, 3.05) is 7.11 Å². The van der Waals surface area contributed by atoms with Crippen molar-refractivity contribution in [2.45, 2.75) is 25.3 Å². The Morgan fingerprint density at radius 1 is 1.35 bits per heavy atom. The summed E-state index contributed by atoms with van der Waals surface area (Å²) in [7, 11) is 1.51. The number of amides is 1. The van der Waals surface area contributed by atoms with Crippen LogP contribution in [0.4, 0.5) is 0 Å². The van der Waals surface area contributed by atoms with Crippen molar-refractivity contribution >= 4 is 28.9 Å². The minimum atomic E-state index is -1.03. The van der Waals surface area contributed by atoms with Crippen molar-refractivity contribution in [3.05, 3.63) is 46.2 Å². The number of ether oxygens (including phenoxy) is 1. The Morgan fingerprint density at radius 2 is 2.15 bits per heavy atom. The first-order valence-electron chi connectivity index (χ1n) is 8.01. The number of hydrogen-bond donors (Lipinski definition) is 2. The van der Waals surface area contributed by atoms with Crippen molar-refractivity contribution < 1.29 is 24.5 Å². The van der Waals surface area contributed by atoms with Crippen LogP contribution in [-0.4, -0.2) is 39.9 Å². The number of phenolic OH excluding ortho intramolecular Hbond substituents is 1. The van der Waals surface area contributed by atoms with E-state index in [0.717, 1.165) is 4.88 Å². The van der Waals surface area contributed by atoms with Crippen molar-refractivity contribution in [2.24, 2.45) is 5.10 Å². The highest BCUT2D eigenvalue weighted by Crippen LogP contribution is 2.37. The monoisotopic (exact) mass is 374 g/mol. The van der Waals surface area contributed by atoms with Crippen LogP contribution in [0.5, 0.6) is 11.5 Å². The number of aromatic hydroxyl groups is 1. The average molecular weight is 374 g/mol. The Hall–Kier alpha value is -2.87. The second-order valence-corrected chi connectivity index (χ2v) is 6.78. The number of carbonyl (C=O) groups is 2. The van der Waals surface area contributed by atoms with E-state index in [1.807, 2.05) is 17.5 Å². The number of hydrazone groups is 1. The van der Waals surface area contributed by atoms with Gasteiger partial charge in [0.25, 0.3) is 0 Å². The summed E-state index contributed by atoms with van der Waals surface area (Å²) in [5.74, 6) is -0.835. The molecule has 7 nitrogen and oxygen atoms in total. The highest BCUT2D eigenvalue weighted by Gasteiger charge is 2.34. The minimum absolute atomic E-state index is 0.0212. The van der Waals surface area contributed by atoms with Crippen LogP contribution in [0.1, 0.15) is 35.7 Å². The van der Waals surface area contributed by atoms with Crippen molar-refractivity contribution in [3.8, 4) is 11.5 Å². The van der Waals surface area contributed by atoms with Crippen molar-refractivity contribution in [3.63, 3.8) is 0 Å². The minimum Gasteiger partial charge on any atom is -0.507 e. The van der Waals surface area contributed by atoms with Gasteiger partial charge in [-0.15, -0.1) is 11.3 Å². The molecule has 0 radical (unpaired) electrons. The summed E-state index contributed by atoms with van der Waals surface area (Å²) in [6.45, 7) is 0. The van der Waals surface area contributed by atoms with Gasteiger partial charge in [-0.2, -0.15) is 5.10 Å². The fourth-order valence-corrected chi connectivity index (χ4v) is 3.63. The first-order valence-corrected chi connectivity index (χ1v) is 8.89. The molecular weight excluding hydrogens is 356 g/mol. The second-order valence-electron chi connectivity index (χ2n) is 5.80. The molecule has 1 amide bonds. The molecule has 26 heavy (non-hydrogen) atoms. The summed E-state index contributed by atoms with van der Waals surface area (Å²) in [4.78, 5) is 24.2. The van der Waals surface area contributed by atoms with E-state index in [0.29, 0.717) is 23.4 Å². The van der Waals surface area contributed by atoms with Crippen LogP contribution in [-0.2, 0) is 9.59 Å². The molecule has 136 valence electrons. The summed E-state index contributed by atoms with van der Waals surface area (Å²) >= 11 is 1.51. The largest absolute Gasteiger partial charge is 0.507 e. The van der Waals surface area contributed by atoms with Gasteiger partial charge in [0, 0.05) is 29.3 Å². The third-order valence-electron chi connectivity index (χ3n) is 4.11. The number of aliphatic carboxylic acids is 1. The van der Waals surface area contributed by atoms with Crippen LogP contribution in [0.3, 0.4) is 0 Å². The van der Waals surface area contributed by atoms with Gasteiger partial charge in [0.05, 0.1) is 25.3 Å². The molecule has 0 saturated heterocycles. The highest BCUT2D eigenvalue weighted by atomic mass is 32.1. The smallest absolute Gasteiger partial charge is 0.303 e. The van der Waals surface area contributed by atoms with E-state index < -0.39 is 5.97 Å². The summed E-state index contributed by atoms with van der Waals surface area (Å²) in [6, 6.07) is 8.42. The number of benzene rings is 1. The van der Waals surface area contributed by atoms with E-state index >= 15 is 0 Å². The zero-order valence-electron chi connectivity index (χ0n) is 14.1. The lowest BCUT2D eigenvalue weighted by atomic mass is 10.0. The van der Waals surface area contributed by atoms with Crippen LogP contribution in [0.25, 0.3) is 0 Å². The van der Waals surface area contributed by atoms with E-state index in [4.69, 9.17) is 9.84 Å². The Bertz CT molecular complexity index is 847. The van der Waals surface area contributed by atoms with Crippen molar-refractivity contribution in [1.29, 1.82) is 0 Å². The van der Waals surface area contributed by atoms with E-state index in [1.54, 1.807) is 12.1 Å². The maximum absolute atomic E-state index is 12.5. The number of carboxylic acids is 1. The topological polar surface area (TPSA) is 99.4 Å². The highest BCUT2D eigenvalue weighted by molar-refractivity contribution is 7.10. The lowest BCUT2D eigenvalue weighted by molar-refractivity contribution is -0.141. The molecule has 2 N–H and O–H groups in total. The van der Waals surface area contributed by atoms with E-state index in [2.05, 4.69) is 5.10 Å². The molecule has 1 aromatic heterocycles. The molecule has 0 aliphatic carbocycles. The summed E-state index contributed by atoms with van der Waals surface area (Å²) < 4.78 is 5.09. The third-order valence-corrected chi connectivity index (χ3v) is 5.08. The number of nitrogens with zero attached hydrogens (tertiary/aromatic N) is 2. The van der Waals surface area contributed by atoms with E-state index in [1.165, 1.54) is 29.5 Å². The lowest BCUT2D eigenvalue weighted by Crippen LogP contribution is -2.26. The predicted molar refractivity (Wildman–Crippen MR) is 96.6 cm³/mol. The Morgan fingerprint density at radius 3 is 2.77 bits per heavy atom. The van der Waals surface area contributed by atoms with Crippen molar-refractivity contribution in [1.82, 2.24) is 5.01 Å². The first-order chi connectivity index (χ1) is 12.5. The summed E-state index contributed by atoms with van der Waals surface area (Å²) in [5.41, 5.74) is 1.10. The zero-order chi connectivity index (χ0) is 18.7. The number of hydrogen-bond acceptors (Lipinski definition) is 6. The molecule has 3 rings (SSSR count). The third kappa shape index (κ3) is 3.70. The van der Waals surface area contributed by atoms with Gasteiger partial charge in [-0.1, -0.05) is 6.07 Å². The van der Waals surface area contributed by atoms with Crippen LogP contribution in [0, 0.1) is 0 Å². The molecule has 0 bridgehead atoms. The number of phenols is 1. The molecule has 2 aromatic rings. The van der Waals surface area contributed by atoms with Crippen LogP contribution in [0.15, 0.2) is 40.8 Å². The van der Waals surface area contributed by atoms with Crippen LogP contribution < -0.4 is 4.74 Å². The molecule has 1 aliphatic rings. The number of rotatable bonds is 6.